The number of pyridine rings is 1. The molecule has 3 aromatic rings. The number of aliphatic hydroxyl groups is 1. The fourth-order valence-corrected chi connectivity index (χ4v) is 6.87. The van der Waals surface area contributed by atoms with Crippen molar-refractivity contribution in [2.45, 2.75) is 102 Å². The van der Waals surface area contributed by atoms with Crippen molar-refractivity contribution in [3.05, 3.63) is 71.2 Å². The highest BCUT2D eigenvalue weighted by Crippen LogP contribution is 2.43. The first kappa shape index (κ1) is 34.2. The number of Topliss-reactive ketones (excluding diaryl/α,β-unsaturated/α-hetero) is 2. The van der Waals surface area contributed by atoms with E-state index in [0.717, 1.165) is 42.0 Å². The molecule has 0 aliphatic heterocycles. The number of unbranched alkanes of at least 4 members (excludes halogenated alkanes) is 3. The number of ether oxygens (including phenoxy) is 1. The predicted molar refractivity (Wildman–Crippen MR) is 176 cm³/mol. The number of aliphatic hydroxyl groups excluding tert-OH is 1. The Morgan fingerprint density at radius 1 is 1.04 bits per heavy atom. The lowest BCUT2D eigenvalue weighted by Gasteiger charge is -2.29. The highest BCUT2D eigenvalue weighted by molar-refractivity contribution is 5.99. The molecule has 1 aliphatic carbocycles. The molecule has 4 N–H and O–H groups in total. The molecule has 0 amide bonds. The van der Waals surface area contributed by atoms with Gasteiger partial charge in [0.2, 0.25) is 0 Å². The lowest BCUT2D eigenvalue weighted by Crippen LogP contribution is -2.22. The molecule has 1 aromatic carbocycles. The van der Waals surface area contributed by atoms with Gasteiger partial charge in [-0.15, -0.1) is 0 Å². The number of carbonyl (C=O) groups is 2. The zero-order chi connectivity index (χ0) is 32.0. The molecule has 4 rings (SSSR count). The quantitative estimate of drug-likeness (QED) is 0.1000. The first-order valence-electron chi connectivity index (χ1n) is 16.7. The first-order valence-corrected chi connectivity index (χ1v) is 16.7. The minimum atomic E-state index is -0.453. The third kappa shape index (κ3) is 10.5. The van der Waals surface area contributed by atoms with Gasteiger partial charge in [-0.05, 0) is 60.4 Å². The second-order valence-electron chi connectivity index (χ2n) is 12.7. The van der Waals surface area contributed by atoms with E-state index in [4.69, 9.17) is 10.5 Å². The van der Waals surface area contributed by atoms with Crippen LogP contribution in [0.2, 0.25) is 0 Å². The fourth-order valence-electron chi connectivity index (χ4n) is 6.87. The van der Waals surface area contributed by atoms with E-state index in [1.165, 1.54) is 52.1 Å². The van der Waals surface area contributed by atoms with Crippen molar-refractivity contribution in [3.63, 3.8) is 0 Å². The van der Waals surface area contributed by atoms with E-state index in [1.54, 1.807) is 24.5 Å². The molecule has 1 aliphatic rings. The summed E-state index contributed by atoms with van der Waals surface area (Å²) < 4.78 is 5.53. The summed E-state index contributed by atoms with van der Waals surface area (Å²) in [6, 6.07) is 10.9. The van der Waals surface area contributed by atoms with Gasteiger partial charge in [0.05, 0.1) is 13.5 Å². The average Bonchev–Trinajstić information content (AvgIpc) is 3.56. The number of nitrogen functional groups attached to an aromatic ring is 1. The number of aromatic nitrogens is 2. The summed E-state index contributed by atoms with van der Waals surface area (Å²) in [6.45, 7) is -0.160. The second-order valence-corrected chi connectivity index (χ2v) is 12.7. The van der Waals surface area contributed by atoms with E-state index in [-0.39, 0.29) is 48.4 Å². The molecule has 1 saturated carbocycles. The molecule has 0 bridgehead atoms. The topological polar surface area (TPSA) is 137 Å². The maximum absolute atomic E-state index is 12.8. The minimum Gasteiger partial charge on any atom is -0.668 e. The molecular formula is C37H50N3O5-. The highest BCUT2D eigenvalue weighted by Gasteiger charge is 2.29. The van der Waals surface area contributed by atoms with E-state index in [9.17, 15) is 19.8 Å². The Morgan fingerprint density at radius 2 is 1.82 bits per heavy atom. The Balaban J connectivity index is 1.37. The summed E-state index contributed by atoms with van der Waals surface area (Å²) in [6.07, 6.45) is 17.4. The largest absolute Gasteiger partial charge is 0.668 e. The number of phenols is 1. The number of nitrogens with zero attached hydrogens (tertiary/aromatic N) is 2. The number of anilines is 1. The van der Waals surface area contributed by atoms with Crippen LogP contribution in [0.25, 0.3) is 0 Å². The van der Waals surface area contributed by atoms with Crippen molar-refractivity contribution in [1.29, 1.82) is 0 Å². The molecule has 0 unspecified atom stereocenters. The summed E-state index contributed by atoms with van der Waals surface area (Å²) in [5, 5.41) is 21.8. The second kappa shape index (κ2) is 17.7. The van der Waals surface area contributed by atoms with Crippen molar-refractivity contribution in [2.75, 3.05) is 19.5 Å². The Kier molecular flexibility index (Phi) is 13.5. The minimum absolute atomic E-state index is 0.0125. The van der Waals surface area contributed by atoms with Crippen molar-refractivity contribution >= 4 is 17.4 Å². The van der Waals surface area contributed by atoms with Gasteiger partial charge in [0.25, 0.3) is 0 Å². The zero-order valence-corrected chi connectivity index (χ0v) is 26.8. The number of aryl methyl sites for hydroxylation is 1. The van der Waals surface area contributed by atoms with Gasteiger partial charge in [-0.2, -0.15) is 11.9 Å². The van der Waals surface area contributed by atoms with Crippen LogP contribution >= 0.6 is 0 Å². The number of hydrogen-bond donors (Lipinski definition) is 3. The lowest BCUT2D eigenvalue weighted by molar-refractivity contribution is -0.127. The first-order chi connectivity index (χ1) is 21.9. The Labute approximate surface area is 267 Å². The van der Waals surface area contributed by atoms with Crippen LogP contribution in [0.3, 0.4) is 0 Å². The number of rotatable bonds is 19. The SMILES string of the molecule is COc1cc(CCC(=O)CC(=O)CCCCCCC2CCCCC2)cc([C@@H](c2ccnc(N)c2)[C@H](CO)Cc2ccc[n-]2)c1O. The summed E-state index contributed by atoms with van der Waals surface area (Å²) in [5.74, 6) is 0.628. The summed E-state index contributed by atoms with van der Waals surface area (Å²) in [5.41, 5.74) is 9.02. The third-order valence-corrected chi connectivity index (χ3v) is 9.31. The highest BCUT2D eigenvalue weighted by atomic mass is 16.5. The van der Waals surface area contributed by atoms with Crippen LogP contribution in [-0.2, 0) is 22.4 Å². The van der Waals surface area contributed by atoms with Gasteiger partial charge in [-0.25, -0.2) is 4.98 Å². The van der Waals surface area contributed by atoms with Gasteiger partial charge in [0.1, 0.15) is 17.4 Å². The number of methoxy groups -OCH3 is 1. The maximum atomic E-state index is 12.8. The number of ketones is 2. The fraction of sp³-hybridized carbons (Fsp3) is 0.541. The van der Waals surface area contributed by atoms with Crippen LogP contribution in [0.5, 0.6) is 11.5 Å². The molecule has 45 heavy (non-hydrogen) atoms. The van der Waals surface area contributed by atoms with E-state index in [2.05, 4.69) is 9.97 Å². The standard InChI is InChI=1S/C37H50N3O5/c1-45-34-21-27(15-16-32(43)24-31(42)14-8-3-2-5-10-26-11-6-4-7-12-26)20-33(37(34)44)36(28-17-19-40-35(38)23-28)29(25-41)22-30-13-9-18-39-30/h9,13,17-21,23,26,29,36,41,44H,2-8,10-12,14-16,22,24-25H2,1H3,(H2,38,40)/q-1/t29-,36-/m0/s1. The van der Waals surface area contributed by atoms with Gasteiger partial charge in [-0.1, -0.05) is 76.0 Å². The van der Waals surface area contributed by atoms with E-state index < -0.39 is 5.92 Å². The molecule has 0 saturated heterocycles. The van der Waals surface area contributed by atoms with Crippen molar-refractivity contribution in [3.8, 4) is 11.5 Å². The van der Waals surface area contributed by atoms with Crippen molar-refractivity contribution in [2.24, 2.45) is 11.8 Å². The Morgan fingerprint density at radius 3 is 2.53 bits per heavy atom. The molecule has 0 radical (unpaired) electrons. The van der Waals surface area contributed by atoms with Gasteiger partial charge >= 0.3 is 0 Å². The van der Waals surface area contributed by atoms with Gasteiger partial charge in [0, 0.05) is 37.1 Å². The van der Waals surface area contributed by atoms with Crippen LogP contribution < -0.4 is 15.5 Å². The number of benzene rings is 1. The van der Waals surface area contributed by atoms with Gasteiger partial charge < -0.3 is 25.7 Å². The summed E-state index contributed by atoms with van der Waals surface area (Å²) >= 11 is 0. The monoisotopic (exact) mass is 616 g/mol. The number of nitrogens with two attached hydrogens (primary N) is 1. The lowest BCUT2D eigenvalue weighted by atomic mass is 9.78. The molecule has 2 atom stereocenters. The van der Waals surface area contributed by atoms with E-state index >= 15 is 0 Å². The molecule has 0 spiro atoms. The number of carbonyl (C=O) groups excluding carboxylic acids is 2. The summed E-state index contributed by atoms with van der Waals surface area (Å²) in [7, 11) is 1.49. The molecule has 2 aromatic heterocycles. The van der Waals surface area contributed by atoms with Crippen LogP contribution in [-0.4, -0.2) is 40.5 Å². The van der Waals surface area contributed by atoms with Crippen LogP contribution in [0.1, 0.15) is 112 Å². The van der Waals surface area contributed by atoms with Crippen LogP contribution in [0, 0.1) is 11.8 Å². The van der Waals surface area contributed by atoms with E-state index in [1.807, 2.05) is 24.3 Å². The van der Waals surface area contributed by atoms with Crippen molar-refractivity contribution < 1.29 is 24.5 Å². The molecule has 8 heteroatoms. The van der Waals surface area contributed by atoms with Crippen LogP contribution in [0.4, 0.5) is 5.82 Å². The number of aromatic hydroxyl groups is 1. The number of phenolic OH excluding ortho intramolecular Hbond substituents is 1. The van der Waals surface area contributed by atoms with Gasteiger partial charge in [-0.3, -0.25) is 9.59 Å². The Bertz CT molecular complexity index is 1350. The smallest absolute Gasteiger partial charge is 0.161 e. The summed E-state index contributed by atoms with van der Waals surface area (Å²) in [4.78, 5) is 33.9. The molecule has 8 nitrogen and oxygen atoms in total. The van der Waals surface area contributed by atoms with E-state index in [0.29, 0.717) is 30.6 Å². The van der Waals surface area contributed by atoms with Gasteiger partial charge in [0.15, 0.2) is 11.5 Å². The van der Waals surface area contributed by atoms with Crippen molar-refractivity contribution in [1.82, 2.24) is 9.97 Å². The third-order valence-electron chi connectivity index (χ3n) is 9.31. The predicted octanol–water partition coefficient (Wildman–Crippen LogP) is 6.70. The average molecular weight is 617 g/mol. The molecule has 2 heterocycles. The Hall–Kier alpha value is -3.65. The molecular weight excluding hydrogens is 566 g/mol. The zero-order valence-electron chi connectivity index (χ0n) is 26.8. The normalized spacial score (nSPS) is 15.1. The molecule has 244 valence electrons. The van der Waals surface area contributed by atoms with Crippen LogP contribution in [0.15, 0.2) is 48.8 Å². The maximum Gasteiger partial charge on any atom is 0.161 e. The number of hydrogen-bond acceptors (Lipinski definition) is 7. The molecule has 1 fully saturated rings.